The molecule has 0 aromatic heterocycles. The Kier molecular flexibility index (Phi) is 3.30. The van der Waals surface area contributed by atoms with E-state index in [0.717, 1.165) is 4.90 Å². The summed E-state index contributed by atoms with van der Waals surface area (Å²) >= 11 is 5.98. The third-order valence-electron chi connectivity index (χ3n) is 4.72. The van der Waals surface area contributed by atoms with Gasteiger partial charge in [0.05, 0.1) is 23.6 Å². The van der Waals surface area contributed by atoms with E-state index in [1.807, 2.05) is 0 Å². The van der Waals surface area contributed by atoms with E-state index in [9.17, 15) is 14.4 Å². The number of esters is 1. The van der Waals surface area contributed by atoms with E-state index in [1.54, 1.807) is 36.4 Å². The minimum atomic E-state index is -1.07. The number of amides is 2. The molecule has 2 amide bonds. The standard InChI is InChI=1S/C17H14ClNO5/c1-9(20)23-8-17-6-5-12(24-17)13-14(17)16(22)19(15(13)21)11-4-2-3-10(18)7-11/h2-7,12-14H,8H2,1H3/t12-,13-,14-,17-/m1/s1. The van der Waals surface area contributed by atoms with Crippen LogP contribution in [0.1, 0.15) is 6.92 Å². The first-order chi connectivity index (χ1) is 11.4. The highest BCUT2D eigenvalue weighted by Gasteiger charge is 2.68. The molecule has 4 atom stereocenters. The Labute approximate surface area is 143 Å². The molecule has 3 heterocycles. The van der Waals surface area contributed by atoms with Crippen LogP contribution >= 0.6 is 11.6 Å². The molecule has 1 aromatic rings. The smallest absolute Gasteiger partial charge is 0.302 e. The van der Waals surface area contributed by atoms with E-state index in [-0.39, 0.29) is 18.4 Å². The van der Waals surface area contributed by atoms with Crippen LogP contribution in [0.4, 0.5) is 5.69 Å². The van der Waals surface area contributed by atoms with Gasteiger partial charge < -0.3 is 9.47 Å². The van der Waals surface area contributed by atoms with Gasteiger partial charge in [0.1, 0.15) is 12.2 Å². The lowest BCUT2D eigenvalue weighted by atomic mass is 9.77. The van der Waals surface area contributed by atoms with Crippen LogP contribution in [0.2, 0.25) is 5.02 Å². The maximum atomic E-state index is 13.0. The molecular weight excluding hydrogens is 334 g/mol. The van der Waals surface area contributed by atoms with E-state index in [4.69, 9.17) is 21.1 Å². The van der Waals surface area contributed by atoms with Gasteiger partial charge in [-0.05, 0) is 24.3 Å². The van der Waals surface area contributed by atoms with E-state index < -0.39 is 29.5 Å². The van der Waals surface area contributed by atoms with Crippen molar-refractivity contribution in [1.82, 2.24) is 0 Å². The molecule has 2 bridgehead atoms. The SMILES string of the molecule is CC(=O)OC[C@@]12C=C[C@@H](O1)[C@H]1C(=O)N(c3cccc(Cl)c3)C(=O)[C@@H]12. The summed E-state index contributed by atoms with van der Waals surface area (Å²) in [6, 6.07) is 6.60. The molecule has 124 valence electrons. The molecule has 3 aliphatic heterocycles. The number of imide groups is 1. The second kappa shape index (κ2) is 5.16. The summed E-state index contributed by atoms with van der Waals surface area (Å²) in [6.07, 6.45) is 3.01. The molecule has 1 aromatic carbocycles. The van der Waals surface area contributed by atoms with Gasteiger partial charge in [-0.25, -0.2) is 4.90 Å². The topological polar surface area (TPSA) is 72.9 Å². The highest BCUT2D eigenvalue weighted by Crippen LogP contribution is 2.52. The van der Waals surface area contributed by atoms with Gasteiger partial charge in [0.15, 0.2) is 0 Å². The average Bonchev–Trinajstić information content (AvgIpc) is 3.16. The van der Waals surface area contributed by atoms with Crippen LogP contribution in [0, 0.1) is 11.8 Å². The Morgan fingerprint density at radius 3 is 2.88 bits per heavy atom. The summed E-state index contributed by atoms with van der Waals surface area (Å²) in [5.74, 6) is -2.43. The van der Waals surface area contributed by atoms with E-state index >= 15 is 0 Å². The number of carbonyl (C=O) groups excluding carboxylic acids is 3. The number of fused-ring (bicyclic) bond motifs is 5. The maximum Gasteiger partial charge on any atom is 0.302 e. The molecule has 2 saturated heterocycles. The Hall–Kier alpha value is -2.18. The Balaban J connectivity index is 1.70. The van der Waals surface area contributed by atoms with E-state index in [0.29, 0.717) is 10.7 Å². The third-order valence-corrected chi connectivity index (χ3v) is 4.96. The molecule has 0 aliphatic carbocycles. The summed E-state index contributed by atoms with van der Waals surface area (Å²) in [5, 5.41) is 0.442. The third kappa shape index (κ3) is 2.03. The van der Waals surface area contributed by atoms with Crippen LogP contribution in [0.15, 0.2) is 36.4 Å². The minimum absolute atomic E-state index is 0.0844. The predicted molar refractivity (Wildman–Crippen MR) is 84.3 cm³/mol. The number of ether oxygens (including phenoxy) is 2. The average molecular weight is 348 g/mol. The number of hydrogen-bond donors (Lipinski definition) is 0. The second-order valence-corrected chi connectivity index (χ2v) is 6.61. The molecular formula is C17H14ClNO5. The van der Waals surface area contributed by atoms with Crippen LogP contribution in [-0.4, -0.2) is 36.1 Å². The lowest BCUT2D eigenvalue weighted by Crippen LogP contribution is -2.44. The van der Waals surface area contributed by atoms with Gasteiger partial charge in [-0.2, -0.15) is 0 Å². The number of hydrogen-bond acceptors (Lipinski definition) is 5. The first-order valence-corrected chi connectivity index (χ1v) is 7.95. The summed E-state index contributed by atoms with van der Waals surface area (Å²) in [7, 11) is 0. The van der Waals surface area contributed by atoms with Crippen molar-refractivity contribution < 1.29 is 23.9 Å². The summed E-state index contributed by atoms with van der Waals surface area (Å²) in [5.41, 5.74) is -0.630. The van der Waals surface area contributed by atoms with Gasteiger partial charge in [-0.15, -0.1) is 0 Å². The summed E-state index contributed by atoms with van der Waals surface area (Å²) in [6.45, 7) is 1.21. The fraction of sp³-hybridized carbons (Fsp3) is 0.353. The monoisotopic (exact) mass is 347 g/mol. The van der Waals surface area contributed by atoms with Crippen molar-refractivity contribution in [2.24, 2.45) is 11.8 Å². The molecule has 0 saturated carbocycles. The highest BCUT2D eigenvalue weighted by atomic mass is 35.5. The molecule has 6 nitrogen and oxygen atoms in total. The van der Waals surface area contributed by atoms with Crippen LogP contribution in [0.25, 0.3) is 0 Å². The van der Waals surface area contributed by atoms with Gasteiger partial charge in [0.2, 0.25) is 11.8 Å². The largest absolute Gasteiger partial charge is 0.462 e. The van der Waals surface area contributed by atoms with Gasteiger partial charge in [0, 0.05) is 11.9 Å². The highest BCUT2D eigenvalue weighted by molar-refractivity contribution is 6.31. The number of rotatable bonds is 3. The normalized spacial score (nSPS) is 33.2. The van der Waals surface area contributed by atoms with Crippen molar-refractivity contribution in [3.63, 3.8) is 0 Å². The predicted octanol–water partition coefficient (Wildman–Crippen LogP) is 1.72. The van der Waals surface area contributed by atoms with Gasteiger partial charge in [-0.3, -0.25) is 14.4 Å². The molecule has 0 radical (unpaired) electrons. The number of benzene rings is 1. The fourth-order valence-electron chi connectivity index (χ4n) is 3.75. The number of anilines is 1. The van der Waals surface area contributed by atoms with Crippen molar-refractivity contribution in [1.29, 1.82) is 0 Å². The van der Waals surface area contributed by atoms with Crippen molar-refractivity contribution in [3.8, 4) is 0 Å². The Morgan fingerprint density at radius 1 is 1.38 bits per heavy atom. The second-order valence-electron chi connectivity index (χ2n) is 6.17. The van der Waals surface area contributed by atoms with Crippen LogP contribution < -0.4 is 4.90 Å². The molecule has 3 aliphatic rings. The zero-order valence-corrected chi connectivity index (χ0v) is 13.5. The van der Waals surface area contributed by atoms with Gasteiger partial charge in [0.25, 0.3) is 0 Å². The molecule has 4 rings (SSSR count). The summed E-state index contributed by atoms with van der Waals surface area (Å²) in [4.78, 5) is 38.1. The first-order valence-electron chi connectivity index (χ1n) is 7.57. The van der Waals surface area contributed by atoms with Crippen molar-refractivity contribution >= 4 is 35.1 Å². The van der Waals surface area contributed by atoms with Crippen molar-refractivity contribution in [3.05, 3.63) is 41.4 Å². The number of carbonyl (C=O) groups is 3. The molecule has 0 N–H and O–H groups in total. The van der Waals surface area contributed by atoms with E-state index in [2.05, 4.69) is 0 Å². The van der Waals surface area contributed by atoms with Crippen LogP contribution in [0.5, 0.6) is 0 Å². The lowest BCUT2D eigenvalue weighted by Gasteiger charge is -2.28. The number of halogens is 1. The molecule has 2 fully saturated rings. The Bertz CT molecular complexity index is 791. The zero-order valence-electron chi connectivity index (χ0n) is 12.8. The van der Waals surface area contributed by atoms with Crippen molar-refractivity contribution in [2.75, 3.05) is 11.5 Å². The zero-order chi connectivity index (χ0) is 17.1. The quantitative estimate of drug-likeness (QED) is 0.473. The van der Waals surface area contributed by atoms with Crippen molar-refractivity contribution in [2.45, 2.75) is 18.6 Å². The van der Waals surface area contributed by atoms with Crippen LogP contribution in [-0.2, 0) is 23.9 Å². The van der Waals surface area contributed by atoms with Gasteiger partial charge >= 0.3 is 5.97 Å². The Morgan fingerprint density at radius 2 is 2.17 bits per heavy atom. The molecule has 0 unspecified atom stereocenters. The van der Waals surface area contributed by atoms with E-state index in [1.165, 1.54) is 6.92 Å². The lowest BCUT2D eigenvalue weighted by molar-refractivity contribution is -0.150. The maximum absolute atomic E-state index is 13.0. The van der Waals surface area contributed by atoms with Crippen LogP contribution in [0.3, 0.4) is 0 Å². The minimum Gasteiger partial charge on any atom is -0.462 e. The summed E-state index contributed by atoms with van der Waals surface area (Å²) < 4.78 is 10.9. The first kappa shape index (κ1) is 15.4. The van der Waals surface area contributed by atoms with Gasteiger partial charge in [-0.1, -0.05) is 23.7 Å². The molecule has 0 spiro atoms. The molecule has 24 heavy (non-hydrogen) atoms. The molecule has 7 heteroatoms. The fourth-order valence-corrected chi connectivity index (χ4v) is 3.94. The number of nitrogens with zero attached hydrogens (tertiary/aromatic N) is 1.